The van der Waals surface area contributed by atoms with Crippen LogP contribution in [-0.2, 0) is 9.63 Å². The summed E-state index contributed by atoms with van der Waals surface area (Å²) in [4.78, 5) is 16.2. The first kappa shape index (κ1) is 11.5. The Morgan fingerprint density at radius 1 is 1.27 bits per heavy atom. The molecule has 1 rings (SSSR count). The Labute approximate surface area is 89.6 Å². The summed E-state index contributed by atoms with van der Waals surface area (Å²) in [5.41, 5.74) is 2.49. The van der Waals surface area contributed by atoms with Gasteiger partial charge < -0.3 is 5.32 Å². The van der Waals surface area contributed by atoms with Crippen LogP contribution in [0.3, 0.4) is 0 Å². The minimum atomic E-state index is -0.711. The zero-order chi connectivity index (χ0) is 11.3. The van der Waals surface area contributed by atoms with E-state index in [1.54, 1.807) is 13.8 Å². The number of benzene rings is 1. The highest BCUT2D eigenvalue weighted by Gasteiger charge is 2.27. The molecule has 0 unspecified atom stereocenters. The summed E-state index contributed by atoms with van der Waals surface area (Å²) in [6, 6.07) is 9.55. The first-order chi connectivity index (χ1) is 7.06. The van der Waals surface area contributed by atoms with Crippen molar-refractivity contribution in [1.29, 1.82) is 0 Å². The normalized spacial score (nSPS) is 10.9. The van der Waals surface area contributed by atoms with Gasteiger partial charge in [0.2, 0.25) is 0 Å². The van der Waals surface area contributed by atoms with Crippen LogP contribution in [0.4, 0.5) is 5.69 Å². The van der Waals surface area contributed by atoms with Crippen molar-refractivity contribution in [2.75, 3.05) is 12.4 Å². The Balaban J connectivity index is 2.68. The largest absolute Gasteiger partial charge is 0.372 e. The zero-order valence-electron chi connectivity index (χ0n) is 9.20. The number of amides is 1. The fourth-order valence-corrected chi connectivity index (χ4v) is 1.16. The third-order valence-corrected chi connectivity index (χ3v) is 1.99. The second kappa shape index (κ2) is 4.79. The predicted molar refractivity (Wildman–Crippen MR) is 59.3 cm³/mol. The second-order valence-electron chi connectivity index (χ2n) is 3.75. The van der Waals surface area contributed by atoms with Crippen molar-refractivity contribution in [3.63, 3.8) is 0 Å². The average molecular weight is 208 g/mol. The number of rotatable bonds is 4. The number of carbonyl (C=O) groups is 1. The molecule has 82 valence electrons. The summed E-state index contributed by atoms with van der Waals surface area (Å²) in [6.45, 7) is 3.57. The maximum Gasteiger partial charge on any atom is 0.268 e. The summed E-state index contributed by atoms with van der Waals surface area (Å²) < 4.78 is 0. The van der Waals surface area contributed by atoms with Gasteiger partial charge in [-0.05, 0) is 26.0 Å². The van der Waals surface area contributed by atoms with E-state index in [4.69, 9.17) is 0 Å². The van der Waals surface area contributed by atoms with Crippen molar-refractivity contribution in [3.05, 3.63) is 30.3 Å². The van der Waals surface area contributed by atoms with E-state index >= 15 is 0 Å². The maximum absolute atomic E-state index is 11.6. The van der Waals surface area contributed by atoms with Gasteiger partial charge in [-0.2, -0.15) is 0 Å². The Bertz CT molecular complexity index is 323. The van der Waals surface area contributed by atoms with Crippen molar-refractivity contribution in [2.24, 2.45) is 0 Å². The number of para-hydroxylation sites is 1. The summed E-state index contributed by atoms with van der Waals surface area (Å²) >= 11 is 0. The van der Waals surface area contributed by atoms with Gasteiger partial charge in [0.15, 0.2) is 0 Å². The molecule has 0 bridgehead atoms. The molecule has 0 aliphatic carbocycles. The van der Waals surface area contributed by atoms with Crippen LogP contribution < -0.4 is 10.8 Å². The predicted octanol–water partition coefficient (Wildman–Crippen LogP) is 1.55. The lowest BCUT2D eigenvalue weighted by molar-refractivity contribution is -0.134. The molecule has 4 heteroatoms. The first-order valence-electron chi connectivity index (χ1n) is 4.73. The number of hydroxylamine groups is 1. The molecule has 4 nitrogen and oxygen atoms in total. The molecule has 2 N–H and O–H groups in total. The van der Waals surface area contributed by atoms with Crippen LogP contribution in [0.25, 0.3) is 0 Å². The lowest BCUT2D eigenvalue weighted by Gasteiger charge is -2.25. The third-order valence-electron chi connectivity index (χ3n) is 1.99. The summed E-state index contributed by atoms with van der Waals surface area (Å²) in [5.74, 6) is -0.214. The molecule has 0 spiro atoms. The average Bonchev–Trinajstić information content (AvgIpc) is 2.19. The Morgan fingerprint density at radius 3 is 2.40 bits per heavy atom. The lowest BCUT2D eigenvalue weighted by atomic mass is 10.0. The molecule has 1 amide bonds. The summed E-state index contributed by atoms with van der Waals surface area (Å²) in [7, 11) is 1.41. The highest BCUT2D eigenvalue weighted by Crippen LogP contribution is 2.14. The third kappa shape index (κ3) is 3.25. The highest BCUT2D eigenvalue weighted by atomic mass is 16.6. The minimum absolute atomic E-state index is 0.214. The topological polar surface area (TPSA) is 50.4 Å². The summed E-state index contributed by atoms with van der Waals surface area (Å²) in [6.07, 6.45) is 0. The van der Waals surface area contributed by atoms with E-state index in [9.17, 15) is 4.79 Å². The standard InChI is InChI=1S/C11H16N2O2/c1-11(2,10(14)13-15-3)12-9-7-5-4-6-8-9/h4-8,12H,1-3H3,(H,13,14). The molecule has 0 atom stereocenters. The molecule has 1 aromatic carbocycles. The van der Waals surface area contributed by atoms with Gasteiger partial charge in [-0.15, -0.1) is 0 Å². The molecular formula is C11H16N2O2. The Morgan fingerprint density at radius 2 is 1.87 bits per heavy atom. The van der Waals surface area contributed by atoms with E-state index in [0.717, 1.165) is 5.69 Å². The van der Waals surface area contributed by atoms with Crippen LogP contribution in [0.2, 0.25) is 0 Å². The van der Waals surface area contributed by atoms with Gasteiger partial charge in [0.05, 0.1) is 7.11 Å². The fourth-order valence-electron chi connectivity index (χ4n) is 1.16. The second-order valence-corrected chi connectivity index (χ2v) is 3.75. The highest BCUT2D eigenvalue weighted by molar-refractivity contribution is 5.87. The SMILES string of the molecule is CONC(=O)C(C)(C)Nc1ccccc1. The van der Waals surface area contributed by atoms with Crippen molar-refractivity contribution in [3.8, 4) is 0 Å². The lowest BCUT2D eigenvalue weighted by Crippen LogP contribution is -2.47. The molecule has 0 aliphatic rings. The van der Waals surface area contributed by atoms with E-state index in [1.165, 1.54) is 7.11 Å². The van der Waals surface area contributed by atoms with Crippen molar-refractivity contribution in [1.82, 2.24) is 5.48 Å². The van der Waals surface area contributed by atoms with Crippen molar-refractivity contribution >= 4 is 11.6 Å². The van der Waals surface area contributed by atoms with E-state index in [2.05, 4.69) is 15.6 Å². The van der Waals surface area contributed by atoms with E-state index in [0.29, 0.717) is 0 Å². The van der Waals surface area contributed by atoms with Crippen molar-refractivity contribution < 1.29 is 9.63 Å². The molecule has 1 aromatic rings. The van der Waals surface area contributed by atoms with Gasteiger partial charge in [0.25, 0.3) is 5.91 Å². The Kier molecular flexibility index (Phi) is 3.68. The molecule has 0 radical (unpaired) electrons. The number of hydrogen-bond donors (Lipinski definition) is 2. The van der Waals surface area contributed by atoms with Gasteiger partial charge in [0, 0.05) is 5.69 Å². The van der Waals surface area contributed by atoms with Gasteiger partial charge in [-0.1, -0.05) is 18.2 Å². The smallest absolute Gasteiger partial charge is 0.268 e. The van der Waals surface area contributed by atoms with Gasteiger partial charge >= 0.3 is 0 Å². The summed E-state index contributed by atoms with van der Waals surface area (Å²) in [5, 5.41) is 3.11. The Hall–Kier alpha value is -1.55. The van der Waals surface area contributed by atoms with Gasteiger partial charge in [0.1, 0.15) is 5.54 Å². The van der Waals surface area contributed by atoms with Crippen LogP contribution in [0, 0.1) is 0 Å². The van der Waals surface area contributed by atoms with E-state index in [1.807, 2.05) is 30.3 Å². The van der Waals surface area contributed by atoms with E-state index in [-0.39, 0.29) is 5.91 Å². The molecular weight excluding hydrogens is 192 g/mol. The number of carbonyl (C=O) groups excluding carboxylic acids is 1. The molecule has 0 fully saturated rings. The number of anilines is 1. The zero-order valence-corrected chi connectivity index (χ0v) is 9.20. The monoisotopic (exact) mass is 208 g/mol. The van der Waals surface area contributed by atoms with Crippen molar-refractivity contribution in [2.45, 2.75) is 19.4 Å². The van der Waals surface area contributed by atoms with Gasteiger partial charge in [-0.3, -0.25) is 9.63 Å². The number of nitrogens with one attached hydrogen (secondary N) is 2. The number of hydrogen-bond acceptors (Lipinski definition) is 3. The quantitative estimate of drug-likeness (QED) is 0.738. The van der Waals surface area contributed by atoms with Crippen LogP contribution in [0.15, 0.2) is 30.3 Å². The van der Waals surface area contributed by atoms with Gasteiger partial charge in [-0.25, -0.2) is 5.48 Å². The maximum atomic E-state index is 11.6. The van der Waals surface area contributed by atoms with Crippen LogP contribution in [0.1, 0.15) is 13.8 Å². The molecule has 0 aliphatic heterocycles. The molecule has 15 heavy (non-hydrogen) atoms. The van der Waals surface area contributed by atoms with Crippen LogP contribution in [0.5, 0.6) is 0 Å². The molecule has 0 heterocycles. The molecule has 0 saturated heterocycles. The fraction of sp³-hybridized carbons (Fsp3) is 0.364. The van der Waals surface area contributed by atoms with Crippen LogP contribution >= 0.6 is 0 Å². The van der Waals surface area contributed by atoms with E-state index < -0.39 is 5.54 Å². The first-order valence-corrected chi connectivity index (χ1v) is 4.73. The minimum Gasteiger partial charge on any atom is -0.372 e. The molecule has 0 saturated carbocycles. The van der Waals surface area contributed by atoms with Crippen LogP contribution in [-0.4, -0.2) is 18.6 Å². The molecule has 0 aromatic heterocycles.